The van der Waals surface area contributed by atoms with Gasteiger partial charge in [0.05, 0.1) is 23.3 Å². The van der Waals surface area contributed by atoms with Crippen molar-refractivity contribution in [3.05, 3.63) is 34.6 Å². The van der Waals surface area contributed by atoms with Gasteiger partial charge in [-0.15, -0.1) is 0 Å². The van der Waals surface area contributed by atoms with Crippen LogP contribution in [0.25, 0.3) is 0 Å². The standard InChI is InChI=1S/C16H21ClFNO2/c1-11-4-2-3-5-15(11)21-9-8-19-16(20)13-7-6-12(18)10-14(13)17/h6-7,10-11,15H,2-5,8-9H2,1H3,(H,19,20)/t11-,15+/m1/s1. The average Bonchev–Trinajstić information content (AvgIpc) is 2.45. The SMILES string of the molecule is C[C@@H]1CCCC[C@@H]1OCCNC(=O)c1ccc(F)cc1Cl. The van der Waals surface area contributed by atoms with Crippen molar-refractivity contribution in [1.29, 1.82) is 0 Å². The number of halogens is 2. The maximum absolute atomic E-state index is 12.9. The second-order valence-electron chi connectivity index (χ2n) is 5.55. The second-order valence-corrected chi connectivity index (χ2v) is 5.96. The van der Waals surface area contributed by atoms with E-state index < -0.39 is 5.82 Å². The summed E-state index contributed by atoms with van der Waals surface area (Å²) in [4.78, 5) is 11.9. The highest BCUT2D eigenvalue weighted by Gasteiger charge is 2.21. The first-order chi connectivity index (χ1) is 10.1. The monoisotopic (exact) mass is 313 g/mol. The molecule has 0 spiro atoms. The van der Waals surface area contributed by atoms with Gasteiger partial charge in [-0.1, -0.05) is 31.4 Å². The van der Waals surface area contributed by atoms with Crippen LogP contribution in [0, 0.1) is 11.7 Å². The third kappa shape index (κ3) is 4.68. The van der Waals surface area contributed by atoms with Crippen LogP contribution < -0.4 is 5.32 Å². The Morgan fingerprint density at radius 3 is 2.90 bits per heavy atom. The van der Waals surface area contributed by atoms with E-state index in [-0.39, 0.29) is 16.5 Å². The van der Waals surface area contributed by atoms with Crippen LogP contribution >= 0.6 is 11.6 Å². The fourth-order valence-electron chi connectivity index (χ4n) is 2.67. The van der Waals surface area contributed by atoms with Crippen molar-refractivity contribution in [3.63, 3.8) is 0 Å². The first-order valence-electron chi connectivity index (χ1n) is 7.43. The molecule has 0 radical (unpaired) electrons. The van der Waals surface area contributed by atoms with E-state index in [1.165, 1.54) is 31.4 Å². The van der Waals surface area contributed by atoms with Crippen LogP contribution in [0.15, 0.2) is 18.2 Å². The van der Waals surface area contributed by atoms with Gasteiger partial charge in [0.1, 0.15) is 5.82 Å². The minimum absolute atomic E-state index is 0.120. The van der Waals surface area contributed by atoms with Crippen LogP contribution in [-0.2, 0) is 4.74 Å². The van der Waals surface area contributed by atoms with Crippen molar-refractivity contribution in [2.45, 2.75) is 38.7 Å². The number of nitrogens with one attached hydrogen (secondary N) is 1. The number of ether oxygens (including phenoxy) is 1. The van der Waals surface area contributed by atoms with Gasteiger partial charge in [-0.05, 0) is 37.0 Å². The van der Waals surface area contributed by atoms with Crippen molar-refractivity contribution in [2.24, 2.45) is 5.92 Å². The van der Waals surface area contributed by atoms with Crippen LogP contribution in [0.5, 0.6) is 0 Å². The zero-order valence-electron chi connectivity index (χ0n) is 12.2. The summed E-state index contributed by atoms with van der Waals surface area (Å²) in [6.07, 6.45) is 5.10. The molecule has 3 nitrogen and oxygen atoms in total. The van der Waals surface area contributed by atoms with Gasteiger partial charge in [0, 0.05) is 6.54 Å². The van der Waals surface area contributed by atoms with E-state index in [1.54, 1.807) is 0 Å². The van der Waals surface area contributed by atoms with Gasteiger partial charge in [-0.3, -0.25) is 4.79 Å². The number of carbonyl (C=O) groups excluding carboxylic acids is 1. The molecule has 0 aromatic heterocycles. The summed E-state index contributed by atoms with van der Waals surface area (Å²) < 4.78 is 18.7. The Labute approximate surface area is 129 Å². The van der Waals surface area contributed by atoms with Gasteiger partial charge < -0.3 is 10.1 Å². The van der Waals surface area contributed by atoms with E-state index in [9.17, 15) is 9.18 Å². The van der Waals surface area contributed by atoms with Gasteiger partial charge in [-0.25, -0.2) is 4.39 Å². The number of hydrogen-bond donors (Lipinski definition) is 1. The number of benzene rings is 1. The highest BCUT2D eigenvalue weighted by molar-refractivity contribution is 6.33. The van der Waals surface area contributed by atoms with Gasteiger partial charge >= 0.3 is 0 Å². The maximum atomic E-state index is 12.9. The van der Waals surface area contributed by atoms with E-state index in [1.807, 2.05) is 0 Å². The van der Waals surface area contributed by atoms with Crippen molar-refractivity contribution < 1.29 is 13.9 Å². The molecule has 1 aliphatic rings. The first-order valence-corrected chi connectivity index (χ1v) is 7.80. The minimum Gasteiger partial charge on any atom is -0.376 e. The molecule has 1 aromatic carbocycles. The zero-order chi connectivity index (χ0) is 15.2. The fraction of sp³-hybridized carbons (Fsp3) is 0.562. The summed E-state index contributed by atoms with van der Waals surface area (Å²) >= 11 is 5.85. The Morgan fingerprint density at radius 1 is 1.43 bits per heavy atom. The van der Waals surface area contributed by atoms with Crippen LogP contribution in [0.2, 0.25) is 5.02 Å². The molecule has 0 heterocycles. The highest BCUT2D eigenvalue weighted by Crippen LogP contribution is 2.26. The molecule has 116 valence electrons. The molecule has 5 heteroatoms. The van der Waals surface area contributed by atoms with Gasteiger partial charge in [0.15, 0.2) is 0 Å². The molecular formula is C16H21ClFNO2. The topological polar surface area (TPSA) is 38.3 Å². The molecule has 1 aliphatic carbocycles. The minimum atomic E-state index is -0.453. The molecule has 1 aromatic rings. The summed E-state index contributed by atoms with van der Waals surface area (Å²) in [5.41, 5.74) is 0.282. The lowest BCUT2D eigenvalue weighted by atomic mass is 9.88. The summed E-state index contributed by atoms with van der Waals surface area (Å²) in [5.74, 6) is -0.174. The number of amides is 1. The van der Waals surface area contributed by atoms with Crippen LogP contribution in [0.3, 0.4) is 0 Å². The quantitative estimate of drug-likeness (QED) is 0.840. The molecule has 1 fully saturated rings. The van der Waals surface area contributed by atoms with E-state index in [4.69, 9.17) is 16.3 Å². The molecule has 21 heavy (non-hydrogen) atoms. The smallest absolute Gasteiger partial charge is 0.252 e. The maximum Gasteiger partial charge on any atom is 0.252 e. The highest BCUT2D eigenvalue weighted by atomic mass is 35.5. The summed E-state index contributed by atoms with van der Waals surface area (Å²) in [7, 11) is 0. The average molecular weight is 314 g/mol. The Morgan fingerprint density at radius 2 is 2.19 bits per heavy atom. The van der Waals surface area contributed by atoms with Crippen molar-refractivity contribution in [2.75, 3.05) is 13.2 Å². The van der Waals surface area contributed by atoms with E-state index in [2.05, 4.69) is 12.2 Å². The Balaban J connectivity index is 1.74. The fourth-order valence-corrected chi connectivity index (χ4v) is 2.93. The molecular weight excluding hydrogens is 293 g/mol. The normalized spacial score (nSPS) is 22.0. The lowest BCUT2D eigenvalue weighted by molar-refractivity contribution is -0.00293. The third-order valence-electron chi connectivity index (χ3n) is 3.93. The number of carbonyl (C=O) groups is 1. The van der Waals surface area contributed by atoms with Crippen molar-refractivity contribution >= 4 is 17.5 Å². The zero-order valence-corrected chi connectivity index (χ0v) is 13.0. The molecule has 1 N–H and O–H groups in total. The van der Waals surface area contributed by atoms with Crippen molar-refractivity contribution in [3.8, 4) is 0 Å². The largest absolute Gasteiger partial charge is 0.376 e. The first kappa shape index (κ1) is 16.2. The Hall–Kier alpha value is -1.13. The lowest BCUT2D eigenvalue weighted by Crippen LogP contribution is -2.31. The van der Waals surface area contributed by atoms with E-state index in [0.29, 0.717) is 25.2 Å². The molecule has 0 unspecified atom stereocenters. The molecule has 2 rings (SSSR count). The molecule has 2 atom stereocenters. The predicted molar refractivity (Wildman–Crippen MR) is 81.1 cm³/mol. The van der Waals surface area contributed by atoms with E-state index >= 15 is 0 Å². The molecule has 1 amide bonds. The predicted octanol–water partition coefficient (Wildman–Crippen LogP) is 3.80. The van der Waals surface area contributed by atoms with Crippen LogP contribution in [0.4, 0.5) is 4.39 Å². The Bertz CT molecular complexity index is 495. The molecule has 0 bridgehead atoms. The summed E-state index contributed by atoms with van der Waals surface area (Å²) in [5, 5.41) is 2.86. The number of hydrogen-bond acceptors (Lipinski definition) is 2. The van der Waals surface area contributed by atoms with Crippen LogP contribution in [0.1, 0.15) is 43.0 Å². The van der Waals surface area contributed by atoms with E-state index in [0.717, 1.165) is 12.5 Å². The molecule has 0 aliphatic heterocycles. The number of rotatable bonds is 5. The van der Waals surface area contributed by atoms with Crippen LogP contribution in [-0.4, -0.2) is 25.2 Å². The summed E-state index contributed by atoms with van der Waals surface area (Å²) in [6, 6.07) is 3.74. The molecule has 0 saturated heterocycles. The van der Waals surface area contributed by atoms with Gasteiger partial charge in [-0.2, -0.15) is 0 Å². The lowest BCUT2D eigenvalue weighted by Gasteiger charge is -2.28. The van der Waals surface area contributed by atoms with Gasteiger partial charge in [0.2, 0.25) is 0 Å². The molecule has 1 saturated carbocycles. The van der Waals surface area contributed by atoms with Crippen molar-refractivity contribution in [1.82, 2.24) is 5.32 Å². The Kier molecular flexibility index (Phi) is 6.00. The third-order valence-corrected chi connectivity index (χ3v) is 4.24. The van der Waals surface area contributed by atoms with Gasteiger partial charge in [0.25, 0.3) is 5.91 Å². The summed E-state index contributed by atoms with van der Waals surface area (Å²) in [6.45, 7) is 3.12. The second kappa shape index (κ2) is 7.76.